The summed E-state index contributed by atoms with van der Waals surface area (Å²) in [5, 5.41) is 0. The summed E-state index contributed by atoms with van der Waals surface area (Å²) >= 11 is 0. The topological polar surface area (TPSA) is 38.9 Å². The summed E-state index contributed by atoms with van der Waals surface area (Å²) in [6, 6.07) is 1.97. The predicted molar refractivity (Wildman–Crippen MR) is 49.1 cm³/mol. The van der Waals surface area contributed by atoms with Gasteiger partial charge in [-0.05, 0) is 18.6 Å². The maximum Gasteiger partial charge on any atom is 0.433 e. The number of rotatable bonds is 1. The van der Waals surface area contributed by atoms with Gasteiger partial charge in [-0.2, -0.15) is 13.2 Å². The molecule has 14 heavy (non-hydrogen) atoms. The molecule has 0 aromatic carbocycles. The van der Waals surface area contributed by atoms with E-state index >= 15 is 0 Å². The zero-order valence-electron chi connectivity index (χ0n) is 7.38. The summed E-state index contributed by atoms with van der Waals surface area (Å²) in [5.41, 5.74) is 5.15. The van der Waals surface area contributed by atoms with E-state index in [1.807, 2.05) is 0 Å². The van der Waals surface area contributed by atoms with Crippen molar-refractivity contribution in [3.63, 3.8) is 0 Å². The molecule has 1 atom stereocenters. The van der Waals surface area contributed by atoms with Crippen LogP contribution < -0.4 is 5.73 Å². The third kappa shape index (κ3) is 3.16. The lowest BCUT2D eigenvalue weighted by molar-refractivity contribution is -0.141. The molecule has 0 saturated heterocycles. The van der Waals surface area contributed by atoms with Crippen molar-refractivity contribution in [1.82, 2.24) is 4.98 Å². The van der Waals surface area contributed by atoms with Crippen molar-refractivity contribution in [2.75, 3.05) is 0 Å². The van der Waals surface area contributed by atoms with E-state index in [4.69, 9.17) is 5.73 Å². The number of pyridine rings is 1. The zero-order valence-corrected chi connectivity index (χ0v) is 8.19. The summed E-state index contributed by atoms with van der Waals surface area (Å²) in [4.78, 5) is 3.27. The van der Waals surface area contributed by atoms with Gasteiger partial charge in [0.2, 0.25) is 0 Å². The summed E-state index contributed by atoms with van der Waals surface area (Å²) in [5.74, 6) is 0. The third-order valence-corrected chi connectivity index (χ3v) is 1.60. The van der Waals surface area contributed by atoms with Crippen LogP contribution in [0, 0.1) is 0 Å². The highest BCUT2D eigenvalue weighted by molar-refractivity contribution is 5.85. The van der Waals surface area contributed by atoms with Gasteiger partial charge in [-0.25, -0.2) is 0 Å². The normalized spacial score (nSPS) is 13.2. The molecule has 1 aromatic heterocycles. The smallest absolute Gasteiger partial charge is 0.324 e. The van der Waals surface area contributed by atoms with E-state index in [1.54, 1.807) is 6.92 Å². The Hall–Kier alpha value is -0.810. The van der Waals surface area contributed by atoms with E-state index in [9.17, 15) is 13.2 Å². The summed E-state index contributed by atoms with van der Waals surface area (Å²) in [6.07, 6.45) is -3.23. The molecule has 0 aliphatic carbocycles. The van der Waals surface area contributed by atoms with E-state index in [1.165, 1.54) is 6.07 Å². The highest BCUT2D eigenvalue weighted by Gasteiger charge is 2.32. The van der Waals surface area contributed by atoms with Gasteiger partial charge < -0.3 is 5.73 Å². The summed E-state index contributed by atoms with van der Waals surface area (Å²) in [7, 11) is 0. The minimum atomic E-state index is -4.38. The SMILES string of the molecule is C[C@@H](N)c1ccc(C(F)(F)F)nc1.Cl. The van der Waals surface area contributed by atoms with E-state index in [0.29, 0.717) is 5.56 Å². The van der Waals surface area contributed by atoms with Crippen molar-refractivity contribution in [3.8, 4) is 0 Å². The molecule has 2 nitrogen and oxygen atoms in total. The van der Waals surface area contributed by atoms with Crippen LogP contribution in [0.2, 0.25) is 0 Å². The Balaban J connectivity index is 0.00000169. The van der Waals surface area contributed by atoms with E-state index < -0.39 is 11.9 Å². The van der Waals surface area contributed by atoms with E-state index in [-0.39, 0.29) is 18.4 Å². The molecular formula is C8H10ClF3N2. The van der Waals surface area contributed by atoms with Crippen LogP contribution in [0.3, 0.4) is 0 Å². The molecule has 0 aliphatic heterocycles. The Labute approximate surface area is 85.7 Å². The molecule has 1 rings (SSSR count). The fourth-order valence-electron chi connectivity index (χ4n) is 0.842. The standard InChI is InChI=1S/C8H9F3N2.ClH/c1-5(12)6-2-3-7(13-4-6)8(9,10)11;/h2-5H,12H2,1H3;1H/t5-;/m1./s1. The van der Waals surface area contributed by atoms with E-state index in [0.717, 1.165) is 12.3 Å². The van der Waals surface area contributed by atoms with Crippen LogP contribution >= 0.6 is 12.4 Å². The fraction of sp³-hybridized carbons (Fsp3) is 0.375. The van der Waals surface area contributed by atoms with Crippen LogP contribution in [0.25, 0.3) is 0 Å². The van der Waals surface area contributed by atoms with Crippen molar-refractivity contribution < 1.29 is 13.2 Å². The van der Waals surface area contributed by atoms with Crippen LogP contribution in [-0.2, 0) is 6.18 Å². The monoisotopic (exact) mass is 226 g/mol. The highest BCUT2D eigenvalue weighted by atomic mass is 35.5. The average molecular weight is 227 g/mol. The second-order valence-corrected chi connectivity index (χ2v) is 2.76. The molecule has 1 heterocycles. The molecule has 6 heteroatoms. The van der Waals surface area contributed by atoms with Gasteiger partial charge in [0.05, 0.1) is 0 Å². The Morgan fingerprint density at radius 2 is 1.93 bits per heavy atom. The second kappa shape index (κ2) is 4.61. The number of hydrogen-bond acceptors (Lipinski definition) is 2. The first-order valence-electron chi connectivity index (χ1n) is 3.70. The third-order valence-electron chi connectivity index (χ3n) is 1.60. The minimum absolute atomic E-state index is 0. The quantitative estimate of drug-likeness (QED) is 0.799. The second-order valence-electron chi connectivity index (χ2n) is 2.76. The van der Waals surface area contributed by atoms with Gasteiger partial charge in [0.25, 0.3) is 0 Å². The fourth-order valence-corrected chi connectivity index (χ4v) is 0.842. The number of nitrogens with two attached hydrogens (primary N) is 1. The lowest BCUT2D eigenvalue weighted by Crippen LogP contribution is -2.10. The van der Waals surface area contributed by atoms with Gasteiger partial charge in [-0.15, -0.1) is 12.4 Å². The lowest BCUT2D eigenvalue weighted by Gasteiger charge is -2.08. The van der Waals surface area contributed by atoms with Crippen molar-refractivity contribution in [1.29, 1.82) is 0 Å². The Kier molecular flexibility index (Phi) is 4.35. The Morgan fingerprint density at radius 1 is 1.36 bits per heavy atom. The Bertz CT molecular complexity index is 282. The first kappa shape index (κ1) is 13.2. The van der Waals surface area contributed by atoms with Crippen LogP contribution in [-0.4, -0.2) is 4.98 Å². The molecule has 1 aromatic rings. The maximum atomic E-state index is 12.0. The lowest BCUT2D eigenvalue weighted by atomic mass is 10.1. The molecule has 0 saturated carbocycles. The number of hydrogen-bond donors (Lipinski definition) is 1. The van der Waals surface area contributed by atoms with Gasteiger partial charge in [0, 0.05) is 12.2 Å². The first-order valence-corrected chi connectivity index (χ1v) is 3.70. The van der Waals surface area contributed by atoms with Crippen molar-refractivity contribution >= 4 is 12.4 Å². The van der Waals surface area contributed by atoms with Gasteiger partial charge in [0.1, 0.15) is 5.69 Å². The molecule has 0 radical (unpaired) electrons. The largest absolute Gasteiger partial charge is 0.433 e. The number of nitrogens with zero attached hydrogens (tertiary/aromatic N) is 1. The molecule has 0 amide bonds. The van der Waals surface area contributed by atoms with Crippen molar-refractivity contribution in [2.45, 2.75) is 19.1 Å². The molecule has 80 valence electrons. The predicted octanol–water partition coefficient (Wildman–Crippen LogP) is 2.54. The van der Waals surface area contributed by atoms with Crippen molar-refractivity contribution in [2.24, 2.45) is 5.73 Å². The molecule has 0 aliphatic rings. The van der Waals surface area contributed by atoms with E-state index in [2.05, 4.69) is 4.98 Å². The van der Waals surface area contributed by atoms with Crippen LogP contribution in [0.4, 0.5) is 13.2 Å². The highest BCUT2D eigenvalue weighted by Crippen LogP contribution is 2.27. The summed E-state index contributed by atoms with van der Waals surface area (Å²) in [6.45, 7) is 1.68. The number of aromatic nitrogens is 1. The zero-order chi connectivity index (χ0) is 10.1. The maximum absolute atomic E-state index is 12.0. The summed E-state index contributed by atoms with van der Waals surface area (Å²) < 4.78 is 36.1. The molecule has 2 N–H and O–H groups in total. The molecule has 0 unspecified atom stereocenters. The van der Waals surface area contributed by atoms with Crippen LogP contribution in [0.1, 0.15) is 24.2 Å². The van der Waals surface area contributed by atoms with Gasteiger partial charge in [-0.3, -0.25) is 4.98 Å². The average Bonchev–Trinajstić information content (AvgIpc) is 2.03. The molecule has 0 bridgehead atoms. The van der Waals surface area contributed by atoms with Gasteiger partial charge in [0.15, 0.2) is 0 Å². The van der Waals surface area contributed by atoms with Crippen molar-refractivity contribution in [3.05, 3.63) is 29.6 Å². The Morgan fingerprint density at radius 3 is 2.21 bits per heavy atom. The number of alkyl halides is 3. The molecular weight excluding hydrogens is 217 g/mol. The van der Waals surface area contributed by atoms with Gasteiger partial charge >= 0.3 is 6.18 Å². The number of halogens is 4. The first-order chi connectivity index (χ1) is 5.91. The minimum Gasteiger partial charge on any atom is -0.324 e. The van der Waals surface area contributed by atoms with Crippen LogP contribution in [0.5, 0.6) is 0 Å². The molecule has 0 spiro atoms. The molecule has 0 fully saturated rings. The van der Waals surface area contributed by atoms with Crippen LogP contribution in [0.15, 0.2) is 18.3 Å². The van der Waals surface area contributed by atoms with Gasteiger partial charge in [-0.1, -0.05) is 6.07 Å².